The third-order valence-electron chi connectivity index (χ3n) is 5.40. The Morgan fingerprint density at radius 3 is 2.32 bits per heavy atom. The fraction of sp³-hybridized carbons (Fsp3) is 0.333. The summed E-state index contributed by atoms with van der Waals surface area (Å²) in [5, 5.41) is 2.57. The number of pyridine rings is 1. The van der Waals surface area contributed by atoms with Crippen LogP contribution in [0.4, 0.5) is 24.7 Å². The van der Waals surface area contributed by atoms with E-state index in [9.17, 15) is 27.6 Å². The zero-order chi connectivity index (χ0) is 22.2. The Balaban J connectivity index is 1.32. The second kappa shape index (κ2) is 8.01. The number of nitrogens with one attached hydrogen (secondary N) is 1. The lowest BCUT2D eigenvalue weighted by atomic mass is 10.1. The largest absolute Gasteiger partial charge is 0.417 e. The summed E-state index contributed by atoms with van der Waals surface area (Å²) in [7, 11) is 0. The molecule has 0 unspecified atom stereocenters. The van der Waals surface area contributed by atoms with E-state index in [0.717, 1.165) is 23.4 Å². The van der Waals surface area contributed by atoms with Gasteiger partial charge in [0, 0.05) is 50.9 Å². The summed E-state index contributed by atoms with van der Waals surface area (Å²) in [6.07, 6.45) is -2.95. The maximum absolute atomic E-state index is 12.7. The van der Waals surface area contributed by atoms with Gasteiger partial charge in [0.2, 0.25) is 0 Å². The monoisotopic (exact) mass is 432 g/mol. The zero-order valence-electron chi connectivity index (χ0n) is 16.4. The minimum absolute atomic E-state index is 0.120. The SMILES string of the molecule is O=C1Cc2ccc(NC(=O)C(=O)N3CCN(c4ccc(C(F)(F)F)cn4)CC3)cc2C1. The number of ketones is 1. The molecule has 31 heavy (non-hydrogen) atoms. The van der Waals surface area contributed by atoms with E-state index in [1.807, 2.05) is 0 Å². The second-order valence-electron chi connectivity index (χ2n) is 7.51. The molecule has 1 saturated heterocycles. The van der Waals surface area contributed by atoms with Crippen LogP contribution in [0, 0.1) is 0 Å². The Bertz CT molecular complexity index is 1030. The summed E-state index contributed by atoms with van der Waals surface area (Å²) in [5.41, 5.74) is 1.42. The maximum atomic E-state index is 12.7. The number of amides is 2. The van der Waals surface area contributed by atoms with Crippen molar-refractivity contribution in [3.8, 4) is 0 Å². The molecule has 1 aromatic carbocycles. The predicted octanol–water partition coefficient (Wildman–Crippen LogP) is 2.06. The van der Waals surface area contributed by atoms with Gasteiger partial charge in [0.25, 0.3) is 0 Å². The highest BCUT2D eigenvalue weighted by molar-refractivity contribution is 6.39. The van der Waals surface area contributed by atoms with Crippen molar-refractivity contribution in [3.05, 3.63) is 53.2 Å². The molecule has 2 aromatic rings. The first-order valence-corrected chi connectivity index (χ1v) is 9.72. The molecule has 1 aliphatic heterocycles. The van der Waals surface area contributed by atoms with E-state index in [1.54, 1.807) is 23.1 Å². The Hall–Kier alpha value is -3.43. The number of piperazine rings is 1. The van der Waals surface area contributed by atoms with Crippen LogP contribution in [0.5, 0.6) is 0 Å². The number of carbonyl (C=O) groups excluding carboxylic acids is 3. The molecule has 0 spiro atoms. The molecule has 7 nitrogen and oxygen atoms in total. The molecule has 0 bridgehead atoms. The summed E-state index contributed by atoms with van der Waals surface area (Å²) in [5.74, 6) is -0.950. The highest BCUT2D eigenvalue weighted by Crippen LogP contribution is 2.29. The number of benzene rings is 1. The van der Waals surface area contributed by atoms with Gasteiger partial charge in [-0.25, -0.2) is 4.98 Å². The molecule has 1 N–H and O–H groups in total. The van der Waals surface area contributed by atoms with Gasteiger partial charge >= 0.3 is 18.0 Å². The number of fused-ring (bicyclic) bond motifs is 1. The number of nitrogens with zero attached hydrogens (tertiary/aromatic N) is 3. The van der Waals surface area contributed by atoms with Crippen molar-refractivity contribution in [2.24, 2.45) is 0 Å². The number of carbonyl (C=O) groups is 3. The van der Waals surface area contributed by atoms with E-state index < -0.39 is 23.6 Å². The van der Waals surface area contributed by atoms with Gasteiger partial charge in [-0.3, -0.25) is 14.4 Å². The minimum Gasteiger partial charge on any atom is -0.353 e. The molecule has 1 aliphatic carbocycles. The van der Waals surface area contributed by atoms with Crippen LogP contribution in [0.25, 0.3) is 0 Å². The molecule has 2 amide bonds. The van der Waals surface area contributed by atoms with Crippen molar-refractivity contribution in [3.63, 3.8) is 0 Å². The number of anilines is 2. The summed E-state index contributed by atoms with van der Waals surface area (Å²) < 4.78 is 38.0. The Morgan fingerprint density at radius 1 is 0.968 bits per heavy atom. The Labute approximate surface area is 175 Å². The molecule has 2 aliphatic rings. The molecule has 4 rings (SSSR count). The number of rotatable bonds is 2. The average molecular weight is 432 g/mol. The molecular formula is C21H19F3N4O3. The van der Waals surface area contributed by atoms with Gasteiger partial charge < -0.3 is 15.1 Å². The maximum Gasteiger partial charge on any atom is 0.417 e. The molecule has 0 saturated carbocycles. The number of alkyl halides is 3. The highest BCUT2D eigenvalue weighted by atomic mass is 19.4. The Kier molecular flexibility index (Phi) is 5.38. The number of hydrogen-bond acceptors (Lipinski definition) is 5. The van der Waals surface area contributed by atoms with Gasteiger partial charge in [0.1, 0.15) is 11.6 Å². The number of aromatic nitrogens is 1. The fourth-order valence-electron chi connectivity index (χ4n) is 3.74. The van der Waals surface area contributed by atoms with E-state index in [0.29, 0.717) is 37.4 Å². The third kappa shape index (κ3) is 4.52. The molecule has 0 radical (unpaired) electrons. The number of Topliss-reactive ketones (excluding diaryl/α,β-unsaturated/α-hetero) is 1. The van der Waals surface area contributed by atoms with Crippen LogP contribution in [0.3, 0.4) is 0 Å². The first-order chi connectivity index (χ1) is 14.7. The second-order valence-corrected chi connectivity index (χ2v) is 7.51. The fourth-order valence-corrected chi connectivity index (χ4v) is 3.74. The van der Waals surface area contributed by atoms with Crippen molar-refractivity contribution in [2.75, 3.05) is 36.4 Å². The normalized spacial score (nSPS) is 16.3. The van der Waals surface area contributed by atoms with Crippen molar-refractivity contribution < 1.29 is 27.6 Å². The van der Waals surface area contributed by atoms with Crippen molar-refractivity contribution >= 4 is 29.1 Å². The molecule has 2 heterocycles. The van der Waals surface area contributed by atoms with E-state index in [-0.39, 0.29) is 18.9 Å². The van der Waals surface area contributed by atoms with Gasteiger partial charge in [-0.15, -0.1) is 0 Å². The lowest BCUT2D eigenvalue weighted by Crippen LogP contribution is -2.51. The lowest BCUT2D eigenvalue weighted by molar-refractivity contribution is -0.143. The van der Waals surface area contributed by atoms with Crippen LogP contribution in [-0.4, -0.2) is 53.7 Å². The summed E-state index contributed by atoms with van der Waals surface area (Å²) >= 11 is 0. The van der Waals surface area contributed by atoms with Crippen LogP contribution in [0.1, 0.15) is 16.7 Å². The quantitative estimate of drug-likeness (QED) is 0.735. The third-order valence-corrected chi connectivity index (χ3v) is 5.40. The summed E-state index contributed by atoms with van der Waals surface area (Å²) in [6, 6.07) is 7.41. The topological polar surface area (TPSA) is 82.6 Å². The van der Waals surface area contributed by atoms with E-state index in [4.69, 9.17) is 0 Å². The van der Waals surface area contributed by atoms with Crippen LogP contribution in [0.2, 0.25) is 0 Å². The van der Waals surface area contributed by atoms with Crippen LogP contribution in [-0.2, 0) is 33.4 Å². The predicted molar refractivity (Wildman–Crippen MR) is 106 cm³/mol. The lowest BCUT2D eigenvalue weighted by Gasteiger charge is -2.35. The number of hydrogen-bond donors (Lipinski definition) is 1. The zero-order valence-corrected chi connectivity index (χ0v) is 16.4. The van der Waals surface area contributed by atoms with Crippen LogP contribution >= 0.6 is 0 Å². The molecular weight excluding hydrogens is 413 g/mol. The molecule has 1 fully saturated rings. The summed E-state index contributed by atoms with van der Waals surface area (Å²) in [4.78, 5) is 43.4. The van der Waals surface area contributed by atoms with Crippen LogP contribution < -0.4 is 10.2 Å². The standard InChI is InChI=1S/C21H19F3N4O3/c22-21(23,24)15-2-4-18(25-12-15)27-5-7-28(8-6-27)20(31)19(30)26-16-3-1-13-10-17(29)11-14(13)9-16/h1-4,9,12H,5-8,10-11H2,(H,26,30). The first-order valence-electron chi connectivity index (χ1n) is 9.72. The van der Waals surface area contributed by atoms with Crippen molar-refractivity contribution in [2.45, 2.75) is 19.0 Å². The Morgan fingerprint density at radius 2 is 1.68 bits per heavy atom. The molecule has 10 heteroatoms. The average Bonchev–Trinajstić information content (AvgIpc) is 3.12. The summed E-state index contributed by atoms with van der Waals surface area (Å²) in [6.45, 7) is 1.18. The minimum atomic E-state index is -4.45. The molecule has 1 aromatic heterocycles. The number of halogens is 3. The van der Waals surface area contributed by atoms with Gasteiger partial charge in [0.15, 0.2) is 0 Å². The van der Waals surface area contributed by atoms with Gasteiger partial charge in [-0.2, -0.15) is 13.2 Å². The van der Waals surface area contributed by atoms with E-state index >= 15 is 0 Å². The molecule has 0 atom stereocenters. The first kappa shape index (κ1) is 20.8. The van der Waals surface area contributed by atoms with Gasteiger partial charge in [0.05, 0.1) is 5.56 Å². The highest BCUT2D eigenvalue weighted by Gasteiger charge is 2.31. The van der Waals surface area contributed by atoms with Gasteiger partial charge in [-0.05, 0) is 35.4 Å². The van der Waals surface area contributed by atoms with Crippen LogP contribution in [0.15, 0.2) is 36.5 Å². The van der Waals surface area contributed by atoms with E-state index in [2.05, 4.69) is 10.3 Å². The van der Waals surface area contributed by atoms with E-state index in [1.165, 1.54) is 11.0 Å². The molecule has 162 valence electrons. The van der Waals surface area contributed by atoms with Crippen molar-refractivity contribution in [1.29, 1.82) is 0 Å². The van der Waals surface area contributed by atoms with Crippen molar-refractivity contribution in [1.82, 2.24) is 9.88 Å². The van der Waals surface area contributed by atoms with Gasteiger partial charge in [-0.1, -0.05) is 6.07 Å². The smallest absolute Gasteiger partial charge is 0.353 e.